The lowest BCUT2D eigenvalue weighted by molar-refractivity contribution is -0.129. The minimum absolute atomic E-state index is 0.0416. The molecule has 1 unspecified atom stereocenters. The van der Waals surface area contributed by atoms with Gasteiger partial charge in [-0.1, -0.05) is 30.3 Å². The van der Waals surface area contributed by atoms with Gasteiger partial charge in [-0.3, -0.25) is 14.6 Å². The van der Waals surface area contributed by atoms with Crippen molar-refractivity contribution in [1.82, 2.24) is 10.3 Å². The topological polar surface area (TPSA) is 79.3 Å². The largest absolute Gasteiger partial charge is 0.378 e. The summed E-state index contributed by atoms with van der Waals surface area (Å²) in [7, 11) is 0. The fourth-order valence-corrected chi connectivity index (χ4v) is 2.14. The molecule has 22 heavy (non-hydrogen) atoms. The molecule has 0 radical (unpaired) electrons. The highest BCUT2D eigenvalue weighted by Gasteiger charge is 2.16. The number of nitrogens with one attached hydrogen (secondary N) is 1. The number of nitrogens with zero attached hydrogens (tertiary/aromatic N) is 1. The number of Topliss-reactive ketones (excluding diaryl/α,β-unsaturated/α-hetero) is 1. The van der Waals surface area contributed by atoms with Gasteiger partial charge in [0.1, 0.15) is 0 Å². The van der Waals surface area contributed by atoms with Crippen molar-refractivity contribution >= 4 is 11.7 Å². The number of aliphatic hydroxyl groups excluding tert-OH is 1. The van der Waals surface area contributed by atoms with Crippen LogP contribution >= 0.6 is 0 Å². The van der Waals surface area contributed by atoms with E-state index in [2.05, 4.69) is 10.3 Å². The molecule has 2 aromatic rings. The third-order valence-corrected chi connectivity index (χ3v) is 3.33. The van der Waals surface area contributed by atoms with Crippen molar-refractivity contribution < 1.29 is 14.7 Å². The summed E-state index contributed by atoms with van der Waals surface area (Å²) in [6.07, 6.45) is -1.21. The maximum atomic E-state index is 11.9. The van der Waals surface area contributed by atoms with Crippen molar-refractivity contribution in [3.63, 3.8) is 0 Å². The van der Waals surface area contributed by atoms with Gasteiger partial charge in [-0.05, 0) is 31.5 Å². The molecule has 2 rings (SSSR count). The standard InChI is InChI=1S/C17H18N2O3/c1-11-15(12(2)20)9-8-14(19-11)10-18-17(22)16(21)13-6-4-3-5-7-13/h3-9,16,21H,10H2,1-2H3,(H,18,22). The zero-order valence-electron chi connectivity index (χ0n) is 12.5. The molecule has 114 valence electrons. The van der Waals surface area contributed by atoms with Crippen LogP contribution in [-0.4, -0.2) is 21.8 Å². The number of carbonyl (C=O) groups excluding carboxylic acids is 2. The van der Waals surface area contributed by atoms with E-state index in [0.717, 1.165) is 0 Å². The molecule has 0 saturated carbocycles. The van der Waals surface area contributed by atoms with Crippen LogP contribution in [0.2, 0.25) is 0 Å². The summed E-state index contributed by atoms with van der Waals surface area (Å²) in [4.78, 5) is 27.6. The lowest BCUT2D eigenvalue weighted by Crippen LogP contribution is -2.29. The predicted octanol–water partition coefficient (Wildman–Crippen LogP) is 1.94. The van der Waals surface area contributed by atoms with Crippen LogP contribution in [0.15, 0.2) is 42.5 Å². The minimum atomic E-state index is -1.21. The quantitative estimate of drug-likeness (QED) is 0.827. The fourth-order valence-electron chi connectivity index (χ4n) is 2.14. The average Bonchev–Trinajstić information content (AvgIpc) is 2.52. The molecule has 0 bridgehead atoms. The van der Waals surface area contributed by atoms with Gasteiger partial charge in [0.2, 0.25) is 0 Å². The molecule has 0 aliphatic rings. The molecule has 1 amide bonds. The number of amides is 1. The molecule has 5 nitrogen and oxygen atoms in total. The number of ketones is 1. The summed E-state index contributed by atoms with van der Waals surface area (Å²) < 4.78 is 0. The smallest absolute Gasteiger partial charge is 0.253 e. The first kappa shape index (κ1) is 15.9. The maximum absolute atomic E-state index is 11.9. The van der Waals surface area contributed by atoms with Gasteiger partial charge in [0.05, 0.1) is 12.2 Å². The van der Waals surface area contributed by atoms with Gasteiger partial charge in [0, 0.05) is 11.3 Å². The Hall–Kier alpha value is -2.53. The van der Waals surface area contributed by atoms with Crippen molar-refractivity contribution in [2.75, 3.05) is 0 Å². The second kappa shape index (κ2) is 6.95. The summed E-state index contributed by atoms with van der Waals surface area (Å²) in [6.45, 7) is 3.43. The number of aromatic nitrogens is 1. The summed E-state index contributed by atoms with van der Waals surface area (Å²) >= 11 is 0. The zero-order chi connectivity index (χ0) is 16.1. The van der Waals surface area contributed by atoms with Gasteiger partial charge in [-0.25, -0.2) is 0 Å². The first-order valence-electron chi connectivity index (χ1n) is 6.97. The Labute approximate surface area is 129 Å². The van der Waals surface area contributed by atoms with Crippen LogP contribution in [0.1, 0.15) is 40.3 Å². The predicted molar refractivity (Wildman–Crippen MR) is 82.2 cm³/mol. The van der Waals surface area contributed by atoms with Crippen molar-refractivity contribution in [3.05, 3.63) is 65.0 Å². The van der Waals surface area contributed by atoms with Crippen LogP contribution in [0.25, 0.3) is 0 Å². The molecule has 0 aliphatic carbocycles. The molecule has 1 atom stereocenters. The van der Waals surface area contributed by atoms with Crippen molar-refractivity contribution in [2.24, 2.45) is 0 Å². The lowest BCUT2D eigenvalue weighted by atomic mass is 10.1. The summed E-state index contributed by atoms with van der Waals surface area (Å²) in [6, 6.07) is 12.1. The van der Waals surface area contributed by atoms with E-state index in [4.69, 9.17) is 0 Å². The van der Waals surface area contributed by atoms with Gasteiger partial charge >= 0.3 is 0 Å². The Morgan fingerprint density at radius 1 is 1.18 bits per heavy atom. The van der Waals surface area contributed by atoms with Crippen LogP contribution in [0.3, 0.4) is 0 Å². The molecule has 5 heteroatoms. The van der Waals surface area contributed by atoms with E-state index < -0.39 is 12.0 Å². The van der Waals surface area contributed by atoms with E-state index >= 15 is 0 Å². The molecule has 1 aromatic carbocycles. The van der Waals surface area contributed by atoms with Crippen molar-refractivity contribution in [3.8, 4) is 0 Å². The number of aliphatic hydroxyl groups is 1. The third-order valence-electron chi connectivity index (χ3n) is 3.33. The summed E-state index contributed by atoms with van der Waals surface area (Å²) in [5.41, 5.74) is 2.37. The number of benzene rings is 1. The highest BCUT2D eigenvalue weighted by molar-refractivity contribution is 5.95. The van der Waals surface area contributed by atoms with E-state index in [1.54, 1.807) is 43.3 Å². The van der Waals surface area contributed by atoms with Crippen molar-refractivity contribution in [2.45, 2.75) is 26.5 Å². The number of pyridine rings is 1. The second-order valence-electron chi connectivity index (χ2n) is 5.02. The normalized spacial score (nSPS) is 11.8. The summed E-state index contributed by atoms with van der Waals surface area (Å²) in [5.74, 6) is -0.526. The van der Waals surface area contributed by atoms with Crippen molar-refractivity contribution in [1.29, 1.82) is 0 Å². The molecule has 0 fully saturated rings. The number of carbonyl (C=O) groups is 2. The van der Waals surface area contributed by atoms with E-state index in [9.17, 15) is 14.7 Å². The molecular weight excluding hydrogens is 280 g/mol. The SMILES string of the molecule is CC(=O)c1ccc(CNC(=O)C(O)c2ccccc2)nc1C. The van der Waals surface area contributed by atoms with Gasteiger partial charge < -0.3 is 10.4 Å². The van der Waals surface area contributed by atoms with E-state index in [1.807, 2.05) is 6.07 Å². The van der Waals surface area contributed by atoms with E-state index in [-0.39, 0.29) is 12.3 Å². The Morgan fingerprint density at radius 3 is 2.45 bits per heavy atom. The first-order valence-corrected chi connectivity index (χ1v) is 6.97. The van der Waals surface area contributed by atoms with Crippen LogP contribution in [0, 0.1) is 6.92 Å². The van der Waals surface area contributed by atoms with Crippen LogP contribution in [-0.2, 0) is 11.3 Å². The molecule has 2 N–H and O–H groups in total. The third kappa shape index (κ3) is 3.77. The van der Waals surface area contributed by atoms with E-state index in [1.165, 1.54) is 6.92 Å². The van der Waals surface area contributed by atoms with Gasteiger partial charge in [0.15, 0.2) is 11.9 Å². The highest BCUT2D eigenvalue weighted by Crippen LogP contribution is 2.12. The highest BCUT2D eigenvalue weighted by atomic mass is 16.3. The molecular formula is C17H18N2O3. The Bertz CT molecular complexity index is 684. The van der Waals surface area contributed by atoms with Crippen LogP contribution in [0.4, 0.5) is 0 Å². The number of aryl methyl sites for hydroxylation is 1. The zero-order valence-corrected chi connectivity index (χ0v) is 12.5. The summed E-state index contributed by atoms with van der Waals surface area (Å²) in [5, 5.41) is 12.6. The van der Waals surface area contributed by atoms with Crippen LogP contribution in [0.5, 0.6) is 0 Å². The van der Waals surface area contributed by atoms with Gasteiger partial charge in [-0.2, -0.15) is 0 Å². The first-order chi connectivity index (χ1) is 10.5. The van der Waals surface area contributed by atoms with Gasteiger partial charge in [-0.15, -0.1) is 0 Å². The van der Waals surface area contributed by atoms with Crippen LogP contribution < -0.4 is 5.32 Å². The molecule has 1 heterocycles. The number of rotatable bonds is 5. The molecule has 1 aromatic heterocycles. The van der Waals surface area contributed by atoms with Gasteiger partial charge in [0.25, 0.3) is 5.91 Å². The minimum Gasteiger partial charge on any atom is -0.378 e. The average molecular weight is 298 g/mol. The Balaban J connectivity index is 1.99. The lowest BCUT2D eigenvalue weighted by Gasteiger charge is -2.12. The second-order valence-corrected chi connectivity index (χ2v) is 5.02. The fraction of sp³-hybridized carbons (Fsp3) is 0.235. The van der Waals surface area contributed by atoms with E-state index in [0.29, 0.717) is 22.5 Å². The maximum Gasteiger partial charge on any atom is 0.253 e. The Kier molecular flexibility index (Phi) is 5.01. The molecule has 0 spiro atoms. The number of hydrogen-bond donors (Lipinski definition) is 2. The Morgan fingerprint density at radius 2 is 1.86 bits per heavy atom. The number of hydrogen-bond acceptors (Lipinski definition) is 4. The monoisotopic (exact) mass is 298 g/mol. The molecule has 0 saturated heterocycles. The molecule has 0 aliphatic heterocycles.